The zero-order valence-electron chi connectivity index (χ0n) is 14.3. The summed E-state index contributed by atoms with van der Waals surface area (Å²) < 4.78 is 0. The van der Waals surface area contributed by atoms with E-state index in [4.69, 9.17) is 0 Å². The molecule has 1 N–H and O–H groups in total. The van der Waals surface area contributed by atoms with Crippen LogP contribution in [0.1, 0.15) is 34.8 Å². The van der Waals surface area contributed by atoms with Crippen LogP contribution in [0.15, 0.2) is 30.5 Å². The number of nitro benzene ring substituents is 1. The lowest BCUT2D eigenvalue weighted by Gasteiger charge is -2.33. The Labute approximate surface area is 145 Å². The molecule has 0 saturated carbocycles. The highest BCUT2D eigenvalue weighted by molar-refractivity contribution is 6.00. The summed E-state index contributed by atoms with van der Waals surface area (Å²) >= 11 is 0. The van der Waals surface area contributed by atoms with E-state index in [-0.39, 0.29) is 17.5 Å². The maximum absolute atomic E-state index is 13.1. The molecule has 1 amide bonds. The van der Waals surface area contributed by atoms with Gasteiger partial charge < -0.3 is 9.80 Å². The summed E-state index contributed by atoms with van der Waals surface area (Å²) in [5.41, 5.74) is 1.99. The number of anilines is 1. The minimum atomic E-state index is -0.472. The number of nitro groups is 1. The Hall–Kier alpha value is -2.90. The fourth-order valence-electron chi connectivity index (χ4n) is 3.28. The highest BCUT2D eigenvalue weighted by atomic mass is 16.6. The fourth-order valence-corrected chi connectivity index (χ4v) is 3.28. The second-order valence-electron chi connectivity index (χ2n) is 6.46. The number of amides is 1. The van der Waals surface area contributed by atoms with E-state index in [0.29, 0.717) is 24.3 Å². The number of hydrogen-bond acceptors (Lipinski definition) is 5. The normalized spacial score (nSPS) is 17.4. The molecule has 2 aromatic rings. The molecule has 1 saturated heterocycles. The smallest absolute Gasteiger partial charge is 0.270 e. The van der Waals surface area contributed by atoms with Crippen molar-refractivity contribution in [3.8, 4) is 0 Å². The molecule has 2 heterocycles. The summed E-state index contributed by atoms with van der Waals surface area (Å²) in [6.07, 6.45) is 3.59. The van der Waals surface area contributed by atoms with Gasteiger partial charge in [-0.25, -0.2) is 0 Å². The number of aromatic nitrogens is 2. The molecule has 0 spiro atoms. The number of likely N-dealkylation sites (tertiary alicyclic amines) is 1. The molecular formula is C17H21N5O3. The standard InChI is InChI=1S/C17H21N5O3/c1-20(2)16-6-5-13(22(24)25)10-14(16)17(23)21-9-3-4-12(11-21)15-7-8-18-19-15/h5-8,10,12H,3-4,9,11H2,1-2H3,(H,18,19). The molecule has 0 aliphatic carbocycles. The third-order valence-corrected chi connectivity index (χ3v) is 4.57. The third kappa shape index (κ3) is 3.47. The van der Waals surface area contributed by atoms with E-state index >= 15 is 0 Å². The number of piperidine rings is 1. The monoisotopic (exact) mass is 343 g/mol. The topological polar surface area (TPSA) is 95.4 Å². The Morgan fingerprint density at radius 1 is 1.40 bits per heavy atom. The molecule has 1 aliphatic rings. The van der Waals surface area contributed by atoms with E-state index in [2.05, 4.69) is 10.2 Å². The van der Waals surface area contributed by atoms with E-state index in [1.165, 1.54) is 12.1 Å². The van der Waals surface area contributed by atoms with Gasteiger partial charge in [0.15, 0.2) is 0 Å². The first kappa shape index (κ1) is 16.9. The van der Waals surface area contributed by atoms with Crippen LogP contribution in [-0.4, -0.2) is 53.1 Å². The summed E-state index contributed by atoms with van der Waals surface area (Å²) in [5, 5.41) is 18.1. The Morgan fingerprint density at radius 3 is 2.84 bits per heavy atom. The predicted octanol–water partition coefficient (Wildman–Crippen LogP) is 2.40. The highest BCUT2D eigenvalue weighted by Crippen LogP contribution is 2.30. The van der Waals surface area contributed by atoms with Crippen LogP contribution in [0, 0.1) is 10.1 Å². The summed E-state index contributed by atoms with van der Waals surface area (Å²) in [5.74, 6) is 0.0401. The van der Waals surface area contributed by atoms with Crippen LogP contribution in [0.3, 0.4) is 0 Å². The van der Waals surface area contributed by atoms with Gasteiger partial charge in [0.2, 0.25) is 0 Å². The van der Waals surface area contributed by atoms with Crippen LogP contribution in [0.5, 0.6) is 0 Å². The number of hydrogen-bond donors (Lipinski definition) is 1. The van der Waals surface area contributed by atoms with Crippen LogP contribution in [-0.2, 0) is 0 Å². The zero-order chi connectivity index (χ0) is 18.0. The number of nitrogens with zero attached hydrogens (tertiary/aromatic N) is 4. The molecule has 3 rings (SSSR count). The highest BCUT2D eigenvalue weighted by Gasteiger charge is 2.28. The van der Waals surface area contributed by atoms with E-state index in [1.807, 2.05) is 20.2 Å². The molecule has 8 heteroatoms. The van der Waals surface area contributed by atoms with Crippen LogP contribution in [0.2, 0.25) is 0 Å². The summed E-state index contributed by atoms with van der Waals surface area (Å²) in [7, 11) is 3.64. The van der Waals surface area contributed by atoms with E-state index < -0.39 is 4.92 Å². The van der Waals surface area contributed by atoms with Gasteiger partial charge in [-0.2, -0.15) is 5.10 Å². The third-order valence-electron chi connectivity index (χ3n) is 4.57. The number of carbonyl (C=O) groups is 1. The molecule has 1 aromatic carbocycles. The van der Waals surface area contributed by atoms with Crippen LogP contribution >= 0.6 is 0 Å². The van der Waals surface area contributed by atoms with E-state index in [1.54, 1.807) is 22.1 Å². The van der Waals surface area contributed by atoms with Crippen molar-refractivity contribution in [3.05, 3.63) is 51.8 Å². The molecule has 25 heavy (non-hydrogen) atoms. The largest absolute Gasteiger partial charge is 0.377 e. The molecule has 1 atom stereocenters. The Morgan fingerprint density at radius 2 is 2.20 bits per heavy atom. The fraction of sp³-hybridized carbons (Fsp3) is 0.412. The maximum Gasteiger partial charge on any atom is 0.270 e. The van der Waals surface area contributed by atoms with Gasteiger partial charge in [0.25, 0.3) is 11.6 Å². The van der Waals surface area contributed by atoms with Gasteiger partial charge in [0, 0.05) is 62.8 Å². The van der Waals surface area contributed by atoms with Crippen LogP contribution < -0.4 is 4.90 Å². The first-order chi connectivity index (χ1) is 12.0. The lowest BCUT2D eigenvalue weighted by molar-refractivity contribution is -0.384. The molecule has 132 valence electrons. The zero-order valence-corrected chi connectivity index (χ0v) is 14.3. The minimum absolute atomic E-state index is 0.0731. The number of rotatable bonds is 4. The predicted molar refractivity (Wildman–Crippen MR) is 93.9 cm³/mol. The summed E-state index contributed by atoms with van der Waals surface area (Å²) in [6.45, 7) is 1.23. The molecular weight excluding hydrogens is 322 g/mol. The van der Waals surface area contributed by atoms with Crippen molar-refractivity contribution < 1.29 is 9.72 Å². The Bertz CT molecular complexity index is 773. The number of aromatic amines is 1. The molecule has 1 aliphatic heterocycles. The second-order valence-corrected chi connectivity index (χ2v) is 6.46. The lowest BCUT2D eigenvalue weighted by atomic mass is 9.94. The lowest BCUT2D eigenvalue weighted by Crippen LogP contribution is -2.39. The number of benzene rings is 1. The van der Waals surface area contributed by atoms with Gasteiger partial charge >= 0.3 is 0 Å². The minimum Gasteiger partial charge on any atom is -0.377 e. The first-order valence-corrected chi connectivity index (χ1v) is 8.21. The van der Waals surface area contributed by atoms with E-state index in [0.717, 1.165) is 18.5 Å². The Kier molecular flexibility index (Phi) is 4.69. The average molecular weight is 343 g/mol. The van der Waals surface area contributed by atoms with Crippen molar-refractivity contribution in [2.45, 2.75) is 18.8 Å². The summed E-state index contributed by atoms with van der Waals surface area (Å²) in [6, 6.07) is 6.35. The van der Waals surface area contributed by atoms with Crippen LogP contribution in [0.4, 0.5) is 11.4 Å². The molecule has 1 fully saturated rings. The second kappa shape index (κ2) is 6.92. The SMILES string of the molecule is CN(C)c1ccc([N+](=O)[O-])cc1C(=O)N1CCCC(c2ccn[nH]2)C1. The van der Waals surface area contributed by atoms with Crippen molar-refractivity contribution in [3.63, 3.8) is 0 Å². The summed E-state index contributed by atoms with van der Waals surface area (Å²) in [4.78, 5) is 27.3. The quantitative estimate of drug-likeness (QED) is 0.679. The van der Waals surface area contributed by atoms with E-state index in [9.17, 15) is 14.9 Å². The van der Waals surface area contributed by atoms with Crippen LogP contribution in [0.25, 0.3) is 0 Å². The van der Waals surface area contributed by atoms with Gasteiger partial charge in [-0.3, -0.25) is 20.0 Å². The number of H-pyrrole nitrogens is 1. The van der Waals surface area contributed by atoms with Crippen molar-refractivity contribution >= 4 is 17.3 Å². The average Bonchev–Trinajstić information content (AvgIpc) is 3.15. The molecule has 8 nitrogen and oxygen atoms in total. The molecule has 0 radical (unpaired) electrons. The van der Waals surface area contributed by atoms with Crippen molar-refractivity contribution in [2.75, 3.05) is 32.1 Å². The molecule has 1 unspecified atom stereocenters. The maximum atomic E-state index is 13.1. The van der Waals surface area contributed by atoms with Gasteiger partial charge in [0.1, 0.15) is 0 Å². The van der Waals surface area contributed by atoms with Gasteiger partial charge in [0.05, 0.1) is 10.5 Å². The number of non-ortho nitro benzene ring substituents is 1. The van der Waals surface area contributed by atoms with Gasteiger partial charge in [-0.05, 0) is 25.0 Å². The van der Waals surface area contributed by atoms with Gasteiger partial charge in [-0.15, -0.1) is 0 Å². The van der Waals surface area contributed by atoms with Crippen molar-refractivity contribution in [2.24, 2.45) is 0 Å². The molecule has 0 bridgehead atoms. The number of nitrogens with one attached hydrogen (secondary N) is 1. The van der Waals surface area contributed by atoms with Gasteiger partial charge in [-0.1, -0.05) is 0 Å². The Balaban J connectivity index is 1.89. The van der Waals surface area contributed by atoms with Crippen molar-refractivity contribution in [1.29, 1.82) is 0 Å². The van der Waals surface area contributed by atoms with Crippen molar-refractivity contribution in [1.82, 2.24) is 15.1 Å². The molecule has 1 aromatic heterocycles. The number of carbonyl (C=O) groups excluding carboxylic acids is 1. The first-order valence-electron chi connectivity index (χ1n) is 8.21.